The number of nitrogens with one attached hydrogen (secondary N) is 1. The Balaban J connectivity index is 1.94. The lowest BCUT2D eigenvalue weighted by Crippen LogP contribution is -2.28. The first-order valence-electron chi connectivity index (χ1n) is 5.74. The predicted octanol–water partition coefficient (Wildman–Crippen LogP) is 1.99. The van der Waals surface area contributed by atoms with Crippen LogP contribution >= 0.6 is 11.8 Å². The molecule has 1 aliphatic heterocycles. The van der Waals surface area contributed by atoms with Gasteiger partial charge >= 0.3 is 0 Å². The van der Waals surface area contributed by atoms with E-state index in [1.54, 1.807) is 18.9 Å². The van der Waals surface area contributed by atoms with Crippen molar-refractivity contribution in [2.75, 3.05) is 18.3 Å². The summed E-state index contributed by atoms with van der Waals surface area (Å²) in [5.74, 6) is 2.69. The predicted molar refractivity (Wildman–Crippen MR) is 70.6 cm³/mol. The summed E-state index contributed by atoms with van der Waals surface area (Å²) in [6, 6.07) is 8.28. The van der Waals surface area contributed by atoms with Crippen LogP contribution in [0.25, 0.3) is 0 Å². The molecule has 1 N–H and O–H groups in total. The fraction of sp³-hybridized carbons (Fsp3) is 0.333. The van der Waals surface area contributed by atoms with Crippen molar-refractivity contribution >= 4 is 11.8 Å². The van der Waals surface area contributed by atoms with Gasteiger partial charge in [0.2, 0.25) is 5.16 Å². The monoisotopic (exact) mass is 262 g/mol. The fourth-order valence-corrected chi connectivity index (χ4v) is 3.03. The number of methoxy groups -OCH3 is 1. The van der Waals surface area contributed by atoms with Gasteiger partial charge in [0, 0.05) is 11.3 Å². The van der Waals surface area contributed by atoms with Gasteiger partial charge in [0.1, 0.15) is 11.6 Å². The van der Waals surface area contributed by atoms with Gasteiger partial charge < -0.3 is 10.2 Å². The number of aromatic nitrogens is 3. The molecule has 0 fully saturated rings. The maximum Gasteiger partial charge on any atom is 0.210 e. The van der Waals surface area contributed by atoms with E-state index in [1.165, 1.54) is 0 Å². The molecular weight excluding hydrogens is 248 g/mol. The van der Waals surface area contributed by atoms with Crippen molar-refractivity contribution in [2.24, 2.45) is 0 Å². The number of ether oxygens (including phenoxy) is 1. The number of hydrogen-bond donors (Lipinski definition) is 1. The van der Waals surface area contributed by atoms with E-state index in [1.807, 2.05) is 29.8 Å². The van der Waals surface area contributed by atoms with Crippen LogP contribution in [0, 0.1) is 6.92 Å². The molecule has 1 aliphatic rings. The lowest BCUT2D eigenvalue weighted by molar-refractivity contribution is 0.406. The number of para-hydroxylation sites is 1. The number of aryl methyl sites for hydroxylation is 1. The molecule has 0 saturated carbocycles. The van der Waals surface area contributed by atoms with Gasteiger partial charge in [-0.15, -0.1) is 10.2 Å². The average Bonchev–Trinajstić information content (AvgIpc) is 2.80. The SMILES string of the molecule is COc1ccccc1C1CSc2nnc(C)n2N1. The first kappa shape index (κ1) is 11.4. The molecule has 2 heterocycles. The second-order valence-corrected chi connectivity index (χ2v) is 5.09. The minimum Gasteiger partial charge on any atom is -0.496 e. The van der Waals surface area contributed by atoms with Gasteiger partial charge in [-0.25, -0.2) is 4.68 Å². The second kappa shape index (κ2) is 4.53. The Labute approximate surface area is 110 Å². The van der Waals surface area contributed by atoms with E-state index < -0.39 is 0 Å². The zero-order valence-electron chi connectivity index (χ0n) is 10.3. The van der Waals surface area contributed by atoms with Crippen LogP contribution < -0.4 is 10.2 Å². The molecule has 1 atom stereocenters. The number of thioether (sulfide) groups is 1. The zero-order chi connectivity index (χ0) is 12.5. The van der Waals surface area contributed by atoms with Crippen molar-refractivity contribution in [3.63, 3.8) is 0 Å². The summed E-state index contributed by atoms with van der Waals surface area (Å²) in [6.45, 7) is 1.94. The van der Waals surface area contributed by atoms with E-state index in [2.05, 4.69) is 21.7 Å². The highest BCUT2D eigenvalue weighted by Gasteiger charge is 2.24. The van der Waals surface area contributed by atoms with E-state index in [-0.39, 0.29) is 6.04 Å². The van der Waals surface area contributed by atoms with E-state index in [0.717, 1.165) is 28.0 Å². The Bertz CT molecular complexity index is 569. The summed E-state index contributed by atoms with van der Waals surface area (Å²) in [4.78, 5) is 0. The highest BCUT2D eigenvalue weighted by atomic mass is 32.2. The second-order valence-electron chi connectivity index (χ2n) is 4.10. The van der Waals surface area contributed by atoms with Crippen LogP contribution in [-0.2, 0) is 0 Å². The molecule has 18 heavy (non-hydrogen) atoms. The van der Waals surface area contributed by atoms with Crippen LogP contribution in [0.5, 0.6) is 5.75 Å². The summed E-state index contributed by atoms with van der Waals surface area (Å²) in [6.07, 6.45) is 0. The van der Waals surface area contributed by atoms with E-state index >= 15 is 0 Å². The van der Waals surface area contributed by atoms with Gasteiger partial charge in [-0.05, 0) is 13.0 Å². The Morgan fingerprint density at radius 3 is 3.06 bits per heavy atom. The van der Waals surface area contributed by atoms with Crippen LogP contribution in [0.1, 0.15) is 17.4 Å². The maximum atomic E-state index is 5.41. The Morgan fingerprint density at radius 1 is 1.39 bits per heavy atom. The van der Waals surface area contributed by atoms with Gasteiger partial charge in [-0.3, -0.25) is 0 Å². The molecule has 0 spiro atoms. The molecule has 5 nitrogen and oxygen atoms in total. The molecular formula is C12H14N4OS. The average molecular weight is 262 g/mol. The van der Waals surface area contributed by atoms with Gasteiger partial charge in [0.15, 0.2) is 0 Å². The number of nitrogens with zero attached hydrogens (tertiary/aromatic N) is 3. The third-order valence-electron chi connectivity index (χ3n) is 2.97. The van der Waals surface area contributed by atoms with E-state index in [0.29, 0.717) is 0 Å². The molecule has 0 aliphatic carbocycles. The summed E-state index contributed by atoms with van der Waals surface area (Å²) in [7, 11) is 1.70. The molecule has 3 rings (SSSR count). The van der Waals surface area contributed by atoms with Crippen LogP contribution in [0.4, 0.5) is 0 Å². The van der Waals surface area contributed by atoms with Crippen molar-refractivity contribution in [3.8, 4) is 5.75 Å². The smallest absolute Gasteiger partial charge is 0.210 e. The van der Waals surface area contributed by atoms with Crippen molar-refractivity contribution in [1.82, 2.24) is 14.9 Å². The summed E-state index contributed by atoms with van der Waals surface area (Å²) in [5.41, 5.74) is 4.59. The summed E-state index contributed by atoms with van der Waals surface area (Å²) in [5, 5.41) is 9.09. The Kier molecular flexibility index (Phi) is 2.87. The number of benzene rings is 1. The van der Waals surface area contributed by atoms with Crippen LogP contribution in [0.3, 0.4) is 0 Å². The van der Waals surface area contributed by atoms with E-state index in [9.17, 15) is 0 Å². The van der Waals surface area contributed by atoms with Crippen molar-refractivity contribution in [2.45, 2.75) is 18.1 Å². The lowest BCUT2D eigenvalue weighted by atomic mass is 10.1. The van der Waals surface area contributed by atoms with Gasteiger partial charge in [0.25, 0.3) is 0 Å². The molecule has 0 radical (unpaired) electrons. The Morgan fingerprint density at radius 2 is 2.22 bits per heavy atom. The van der Waals surface area contributed by atoms with Gasteiger partial charge in [-0.1, -0.05) is 30.0 Å². The molecule has 1 unspecified atom stereocenters. The number of rotatable bonds is 2. The minimum absolute atomic E-state index is 0.202. The third-order valence-corrected chi connectivity index (χ3v) is 4.00. The molecule has 0 saturated heterocycles. The largest absolute Gasteiger partial charge is 0.496 e. The van der Waals surface area contributed by atoms with E-state index in [4.69, 9.17) is 4.74 Å². The van der Waals surface area contributed by atoms with Crippen molar-refractivity contribution < 1.29 is 4.74 Å². The molecule has 94 valence electrons. The maximum absolute atomic E-state index is 5.41. The van der Waals surface area contributed by atoms with Crippen molar-refractivity contribution in [1.29, 1.82) is 0 Å². The molecule has 6 heteroatoms. The number of hydrogen-bond acceptors (Lipinski definition) is 5. The zero-order valence-corrected chi connectivity index (χ0v) is 11.1. The Hall–Kier alpha value is -1.69. The first-order chi connectivity index (χ1) is 8.79. The molecule has 2 aromatic rings. The quantitative estimate of drug-likeness (QED) is 0.897. The summed E-state index contributed by atoms with van der Waals surface area (Å²) >= 11 is 1.70. The van der Waals surface area contributed by atoms with Gasteiger partial charge in [-0.2, -0.15) is 0 Å². The fourth-order valence-electron chi connectivity index (χ4n) is 2.05. The van der Waals surface area contributed by atoms with Crippen LogP contribution in [0.2, 0.25) is 0 Å². The molecule has 1 aromatic carbocycles. The van der Waals surface area contributed by atoms with Gasteiger partial charge in [0.05, 0.1) is 13.2 Å². The van der Waals surface area contributed by atoms with Crippen LogP contribution in [0.15, 0.2) is 29.4 Å². The third kappa shape index (κ3) is 1.82. The molecule has 0 bridgehead atoms. The normalized spacial score (nSPS) is 18.0. The first-order valence-corrected chi connectivity index (χ1v) is 6.72. The molecule has 0 amide bonds. The van der Waals surface area contributed by atoms with Crippen LogP contribution in [-0.4, -0.2) is 27.7 Å². The molecule has 1 aromatic heterocycles. The standard InChI is InChI=1S/C12H14N4OS/c1-8-13-14-12-16(8)15-10(7-18-12)9-5-3-4-6-11(9)17-2/h3-6,10,15H,7H2,1-2H3. The van der Waals surface area contributed by atoms with Crippen molar-refractivity contribution in [3.05, 3.63) is 35.7 Å². The lowest BCUT2D eigenvalue weighted by Gasteiger charge is -2.27. The minimum atomic E-state index is 0.202. The number of fused-ring (bicyclic) bond motifs is 1. The highest BCUT2D eigenvalue weighted by Crippen LogP contribution is 2.33. The topological polar surface area (TPSA) is 52.0 Å². The summed E-state index contributed by atoms with van der Waals surface area (Å²) < 4.78 is 7.34. The highest BCUT2D eigenvalue weighted by molar-refractivity contribution is 7.99.